The van der Waals surface area contributed by atoms with Gasteiger partial charge in [-0.2, -0.15) is 0 Å². The lowest BCUT2D eigenvalue weighted by atomic mass is 9.88. The molecular weight excluding hydrogens is 441 g/mol. The summed E-state index contributed by atoms with van der Waals surface area (Å²) in [5.74, 6) is -0.980. The highest BCUT2D eigenvalue weighted by atomic mass is 35.5. The van der Waals surface area contributed by atoms with Crippen molar-refractivity contribution in [2.45, 2.75) is 12.0 Å². The van der Waals surface area contributed by atoms with Crippen LogP contribution in [-0.2, 0) is 4.79 Å². The molecule has 0 bridgehead atoms. The maximum Gasteiger partial charge on any atom is 0.232 e. The van der Waals surface area contributed by atoms with E-state index >= 15 is 0 Å². The summed E-state index contributed by atoms with van der Waals surface area (Å²) in [4.78, 5) is 13.7. The predicted octanol–water partition coefficient (Wildman–Crippen LogP) is 6.74. The lowest BCUT2D eigenvalue weighted by molar-refractivity contribution is -0.122. The van der Waals surface area contributed by atoms with Crippen LogP contribution in [0.1, 0.15) is 34.2 Å². The highest BCUT2D eigenvalue weighted by Crippen LogP contribution is 2.35. The summed E-state index contributed by atoms with van der Waals surface area (Å²) in [6, 6.07) is 30.8. The molecule has 4 aromatic rings. The molecule has 32 heavy (non-hydrogen) atoms. The van der Waals surface area contributed by atoms with Crippen LogP contribution in [0.2, 0.25) is 10.0 Å². The molecule has 0 radical (unpaired) electrons. The number of hydrogen-bond donors (Lipinski definition) is 2. The van der Waals surface area contributed by atoms with Crippen molar-refractivity contribution in [3.8, 4) is 5.75 Å². The molecule has 0 spiro atoms. The molecule has 1 amide bonds. The number of carbonyl (C=O) groups is 1. The van der Waals surface area contributed by atoms with E-state index in [1.807, 2.05) is 72.8 Å². The Morgan fingerprint density at radius 1 is 0.688 bits per heavy atom. The Morgan fingerprint density at radius 2 is 1.22 bits per heavy atom. The second-order valence-electron chi connectivity index (χ2n) is 7.45. The Hall–Kier alpha value is -3.27. The van der Waals surface area contributed by atoms with Crippen LogP contribution in [0, 0.1) is 0 Å². The zero-order chi connectivity index (χ0) is 22.5. The van der Waals surface area contributed by atoms with Crippen molar-refractivity contribution in [1.82, 2.24) is 5.32 Å². The minimum absolute atomic E-state index is 0.0150. The average molecular weight is 462 g/mol. The molecule has 0 heterocycles. The average Bonchev–Trinajstić information content (AvgIpc) is 2.82. The van der Waals surface area contributed by atoms with Crippen LogP contribution >= 0.6 is 23.2 Å². The molecule has 4 aromatic carbocycles. The van der Waals surface area contributed by atoms with E-state index in [0.717, 1.165) is 16.7 Å². The number of carbonyl (C=O) groups excluding carboxylic acids is 1. The number of aromatic hydroxyl groups is 1. The molecule has 0 aromatic heterocycles. The monoisotopic (exact) mass is 461 g/mol. The Balaban J connectivity index is 1.76. The summed E-state index contributed by atoms with van der Waals surface area (Å²) in [6.07, 6.45) is 0. The van der Waals surface area contributed by atoms with E-state index in [2.05, 4.69) is 5.32 Å². The van der Waals surface area contributed by atoms with Gasteiger partial charge in [0.25, 0.3) is 0 Å². The molecule has 0 fully saturated rings. The third-order valence-corrected chi connectivity index (χ3v) is 5.81. The number of phenols is 1. The molecule has 3 nitrogen and oxygen atoms in total. The maximum absolute atomic E-state index is 13.7. The Kier molecular flexibility index (Phi) is 6.79. The molecule has 0 saturated carbocycles. The fourth-order valence-corrected chi connectivity index (χ4v) is 4.07. The molecule has 4 rings (SSSR count). The fraction of sp³-hybridized carbons (Fsp3) is 0.0741. The van der Waals surface area contributed by atoms with Crippen molar-refractivity contribution in [3.63, 3.8) is 0 Å². The van der Waals surface area contributed by atoms with E-state index in [-0.39, 0.29) is 11.7 Å². The van der Waals surface area contributed by atoms with Gasteiger partial charge in [-0.3, -0.25) is 4.79 Å². The van der Waals surface area contributed by atoms with Crippen LogP contribution < -0.4 is 5.32 Å². The maximum atomic E-state index is 13.7. The van der Waals surface area contributed by atoms with Gasteiger partial charge in [0.15, 0.2) is 0 Å². The number of phenolic OH excluding ortho intramolecular Hbond substituents is 1. The first-order valence-corrected chi connectivity index (χ1v) is 10.9. The van der Waals surface area contributed by atoms with E-state index in [4.69, 9.17) is 23.2 Å². The molecule has 0 aliphatic rings. The van der Waals surface area contributed by atoms with Crippen molar-refractivity contribution in [2.75, 3.05) is 0 Å². The first-order chi connectivity index (χ1) is 15.5. The normalized spacial score (nSPS) is 12.7. The van der Waals surface area contributed by atoms with Crippen LogP contribution in [0.15, 0.2) is 103 Å². The van der Waals surface area contributed by atoms with Crippen LogP contribution in [0.25, 0.3) is 0 Å². The molecular formula is C27H21Cl2NO2. The lowest BCUT2D eigenvalue weighted by Gasteiger charge is -2.25. The van der Waals surface area contributed by atoms with Crippen LogP contribution in [-0.4, -0.2) is 11.0 Å². The lowest BCUT2D eigenvalue weighted by Crippen LogP contribution is -2.34. The molecule has 5 heteroatoms. The van der Waals surface area contributed by atoms with E-state index in [0.29, 0.717) is 15.6 Å². The zero-order valence-electron chi connectivity index (χ0n) is 17.1. The number of nitrogens with one attached hydrogen (secondary N) is 1. The summed E-state index contributed by atoms with van der Waals surface area (Å²) < 4.78 is 0. The Morgan fingerprint density at radius 3 is 1.84 bits per heavy atom. The van der Waals surface area contributed by atoms with Gasteiger partial charge in [-0.15, -0.1) is 0 Å². The standard InChI is InChI=1S/C27H21Cl2NO2/c28-21-13-11-20(12-14-21)26(19-9-5-2-6-10-19)30-27(32)25(18-7-3-1-4-8-18)23-17-22(29)15-16-24(23)31/h1-17,25-26,31H,(H,30,32)/t25-,26-/m0/s1. The van der Waals surface area contributed by atoms with Gasteiger partial charge in [-0.25, -0.2) is 0 Å². The van der Waals surface area contributed by atoms with Crippen LogP contribution in [0.5, 0.6) is 5.75 Å². The van der Waals surface area contributed by atoms with Gasteiger partial charge in [-0.05, 0) is 47.0 Å². The van der Waals surface area contributed by atoms with E-state index in [1.54, 1.807) is 24.3 Å². The highest BCUT2D eigenvalue weighted by molar-refractivity contribution is 6.31. The number of halogens is 2. The van der Waals surface area contributed by atoms with E-state index < -0.39 is 12.0 Å². The summed E-state index contributed by atoms with van der Waals surface area (Å²) in [5, 5.41) is 14.8. The minimum atomic E-state index is -0.742. The molecule has 0 aliphatic heterocycles. The molecule has 2 atom stereocenters. The van der Waals surface area contributed by atoms with Crippen molar-refractivity contribution in [2.24, 2.45) is 0 Å². The van der Waals surface area contributed by atoms with Crippen molar-refractivity contribution < 1.29 is 9.90 Å². The van der Waals surface area contributed by atoms with Crippen LogP contribution in [0.3, 0.4) is 0 Å². The van der Waals surface area contributed by atoms with Gasteiger partial charge in [0, 0.05) is 15.6 Å². The SMILES string of the molecule is O=C(N[C@@H](c1ccccc1)c1ccc(Cl)cc1)[C@@H](c1ccccc1)c1cc(Cl)ccc1O. The molecule has 0 saturated heterocycles. The summed E-state index contributed by atoms with van der Waals surface area (Å²) >= 11 is 12.3. The third kappa shape index (κ3) is 4.96. The van der Waals surface area contributed by atoms with Crippen LogP contribution in [0.4, 0.5) is 0 Å². The topological polar surface area (TPSA) is 49.3 Å². The van der Waals surface area contributed by atoms with Gasteiger partial charge in [0.1, 0.15) is 5.75 Å². The molecule has 0 unspecified atom stereocenters. The first-order valence-electron chi connectivity index (χ1n) is 10.2. The highest BCUT2D eigenvalue weighted by Gasteiger charge is 2.28. The number of amides is 1. The van der Waals surface area contributed by atoms with E-state index in [1.165, 1.54) is 6.07 Å². The van der Waals surface area contributed by atoms with Gasteiger partial charge in [0.05, 0.1) is 12.0 Å². The Bertz CT molecular complexity index is 1200. The fourth-order valence-electron chi connectivity index (χ4n) is 3.76. The van der Waals surface area contributed by atoms with Gasteiger partial charge in [-0.1, -0.05) is 96.0 Å². The number of hydrogen-bond acceptors (Lipinski definition) is 2. The van der Waals surface area contributed by atoms with Crippen molar-refractivity contribution in [3.05, 3.63) is 135 Å². The predicted molar refractivity (Wildman–Crippen MR) is 129 cm³/mol. The largest absolute Gasteiger partial charge is 0.508 e. The number of benzene rings is 4. The second-order valence-corrected chi connectivity index (χ2v) is 8.32. The summed E-state index contributed by atoms with van der Waals surface area (Å²) in [6.45, 7) is 0. The van der Waals surface area contributed by atoms with Crippen molar-refractivity contribution in [1.29, 1.82) is 0 Å². The summed E-state index contributed by atoms with van der Waals surface area (Å²) in [5.41, 5.74) is 3.04. The van der Waals surface area contributed by atoms with E-state index in [9.17, 15) is 9.90 Å². The van der Waals surface area contributed by atoms with Gasteiger partial charge >= 0.3 is 0 Å². The molecule has 0 aliphatic carbocycles. The van der Waals surface area contributed by atoms with Crippen molar-refractivity contribution >= 4 is 29.1 Å². The first kappa shape index (κ1) is 21.9. The second kappa shape index (κ2) is 9.90. The molecule has 2 N–H and O–H groups in total. The molecule has 160 valence electrons. The Labute approximate surface area is 197 Å². The number of rotatable bonds is 6. The van der Waals surface area contributed by atoms with Gasteiger partial charge < -0.3 is 10.4 Å². The quantitative estimate of drug-likeness (QED) is 0.334. The van der Waals surface area contributed by atoms with Gasteiger partial charge in [0.2, 0.25) is 5.91 Å². The smallest absolute Gasteiger partial charge is 0.232 e. The third-order valence-electron chi connectivity index (χ3n) is 5.32. The zero-order valence-corrected chi connectivity index (χ0v) is 18.6. The minimum Gasteiger partial charge on any atom is -0.508 e. The summed E-state index contributed by atoms with van der Waals surface area (Å²) in [7, 11) is 0.